The molecule has 27 heavy (non-hydrogen) atoms. The molecule has 1 amide bonds. The summed E-state index contributed by atoms with van der Waals surface area (Å²) >= 11 is 0. The molecule has 4 unspecified atom stereocenters. The van der Waals surface area contributed by atoms with Crippen LogP contribution in [0.25, 0.3) is 11.0 Å². The van der Waals surface area contributed by atoms with Crippen molar-refractivity contribution in [2.75, 3.05) is 6.61 Å². The predicted molar refractivity (Wildman–Crippen MR) is 104 cm³/mol. The first-order valence-electron chi connectivity index (χ1n) is 9.88. The van der Waals surface area contributed by atoms with Crippen molar-refractivity contribution in [1.29, 1.82) is 0 Å². The van der Waals surface area contributed by atoms with Crippen LogP contribution in [0.15, 0.2) is 27.4 Å². The number of amides is 1. The van der Waals surface area contributed by atoms with Gasteiger partial charge in [0.25, 0.3) is 5.91 Å². The molecule has 2 bridgehead atoms. The highest BCUT2D eigenvalue weighted by atomic mass is 16.5. The number of aryl methyl sites for hydroxylation is 2. The van der Waals surface area contributed by atoms with E-state index in [1.807, 2.05) is 26.0 Å². The molecule has 5 heteroatoms. The highest BCUT2D eigenvalue weighted by Gasteiger charge is 2.42. The molecule has 0 radical (unpaired) electrons. The van der Waals surface area contributed by atoms with Crippen molar-refractivity contribution in [2.45, 2.75) is 52.5 Å². The number of rotatable bonds is 5. The number of ether oxygens (including phenoxy) is 1. The highest BCUT2D eigenvalue weighted by Crippen LogP contribution is 2.49. The maximum absolute atomic E-state index is 12.4. The van der Waals surface area contributed by atoms with Crippen molar-refractivity contribution in [2.24, 2.45) is 17.8 Å². The van der Waals surface area contributed by atoms with Crippen LogP contribution in [0.3, 0.4) is 0 Å². The molecule has 2 saturated carbocycles. The van der Waals surface area contributed by atoms with E-state index >= 15 is 0 Å². The molecule has 4 atom stereocenters. The van der Waals surface area contributed by atoms with Gasteiger partial charge in [-0.15, -0.1) is 0 Å². The maximum Gasteiger partial charge on any atom is 0.336 e. The van der Waals surface area contributed by atoms with Crippen molar-refractivity contribution in [1.82, 2.24) is 5.32 Å². The fraction of sp³-hybridized carbons (Fsp3) is 0.545. The zero-order chi connectivity index (χ0) is 19.1. The molecular formula is C22H27NO4. The lowest BCUT2D eigenvalue weighted by atomic mass is 9.84. The number of benzene rings is 1. The molecule has 2 aliphatic carbocycles. The van der Waals surface area contributed by atoms with E-state index in [2.05, 4.69) is 12.2 Å². The molecule has 0 saturated heterocycles. The molecule has 5 nitrogen and oxygen atoms in total. The largest absolute Gasteiger partial charge is 0.483 e. The highest BCUT2D eigenvalue weighted by molar-refractivity contribution is 5.85. The molecule has 0 spiro atoms. The summed E-state index contributed by atoms with van der Waals surface area (Å²) in [7, 11) is 0. The molecule has 2 fully saturated rings. The van der Waals surface area contributed by atoms with Crippen LogP contribution in [0.4, 0.5) is 0 Å². The average molecular weight is 369 g/mol. The third-order valence-electron chi connectivity index (χ3n) is 6.50. The fourth-order valence-corrected chi connectivity index (χ4v) is 5.11. The molecular weight excluding hydrogens is 342 g/mol. The van der Waals surface area contributed by atoms with Gasteiger partial charge in [-0.25, -0.2) is 4.79 Å². The molecule has 1 aromatic heterocycles. The number of carbonyl (C=O) groups excluding carboxylic acids is 1. The van der Waals surface area contributed by atoms with Crippen molar-refractivity contribution in [3.8, 4) is 5.75 Å². The Balaban J connectivity index is 1.40. The van der Waals surface area contributed by atoms with Gasteiger partial charge >= 0.3 is 5.63 Å². The summed E-state index contributed by atoms with van der Waals surface area (Å²) < 4.78 is 11.1. The van der Waals surface area contributed by atoms with Gasteiger partial charge in [0.1, 0.15) is 11.3 Å². The van der Waals surface area contributed by atoms with Gasteiger partial charge in [0.2, 0.25) is 0 Å². The van der Waals surface area contributed by atoms with Crippen LogP contribution in [0.5, 0.6) is 5.75 Å². The van der Waals surface area contributed by atoms with Gasteiger partial charge in [0.15, 0.2) is 6.61 Å². The minimum absolute atomic E-state index is 0.0342. The summed E-state index contributed by atoms with van der Waals surface area (Å²) in [5, 5.41) is 4.00. The molecule has 1 heterocycles. The van der Waals surface area contributed by atoms with E-state index in [0.717, 1.165) is 28.3 Å². The van der Waals surface area contributed by atoms with Gasteiger partial charge in [-0.3, -0.25) is 4.79 Å². The summed E-state index contributed by atoms with van der Waals surface area (Å²) in [6, 6.07) is 5.37. The predicted octanol–water partition coefficient (Wildman–Crippen LogP) is 3.73. The summed E-state index contributed by atoms with van der Waals surface area (Å²) in [4.78, 5) is 24.0. The molecule has 0 aliphatic heterocycles. The van der Waals surface area contributed by atoms with E-state index in [0.29, 0.717) is 17.3 Å². The molecule has 1 aromatic carbocycles. The second-order valence-corrected chi connectivity index (χ2v) is 8.30. The van der Waals surface area contributed by atoms with Crippen molar-refractivity contribution >= 4 is 16.9 Å². The Hall–Kier alpha value is -2.30. The molecule has 4 rings (SSSR count). The zero-order valence-electron chi connectivity index (χ0n) is 16.2. The van der Waals surface area contributed by atoms with E-state index < -0.39 is 0 Å². The first kappa shape index (κ1) is 18.1. The Morgan fingerprint density at radius 3 is 2.81 bits per heavy atom. The minimum Gasteiger partial charge on any atom is -0.483 e. The van der Waals surface area contributed by atoms with Crippen LogP contribution in [-0.2, 0) is 4.79 Å². The molecule has 2 aromatic rings. The first-order valence-corrected chi connectivity index (χ1v) is 9.88. The minimum atomic E-state index is -0.377. The van der Waals surface area contributed by atoms with E-state index in [1.165, 1.54) is 31.7 Å². The number of carbonyl (C=O) groups is 1. The van der Waals surface area contributed by atoms with Crippen LogP contribution < -0.4 is 15.7 Å². The summed E-state index contributed by atoms with van der Waals surface area (Å²) in [6.07, 6.45) is 5.26. The third-order valence-corrected chi connectivity index (χ3v) is 6.50. The lowest BCUT2D eigenvalue weighted by molar-refractivity contribution is -0.124. The quantitative estimate of drug-likeness (QED) is 0.816. The van der Waals surface area contributed by atoms with Crippen molar-refractivity contribution < 1.29 is 13.9 Å². The summed E-state index contributed by atoms with van der Waals surface area (Å²) in [6.45, 7) is 5.80. The summed E-state index contributed by atoms with van der Waals surface area (Å²) in [5.41, 5.74) is 1.75. The SMILES string of the molecule is Cc1cc(=O)oc2c(C)c(OCC(=O)NC(C)C3CC4CCC3C4)ccc12. The number of hydrogen-bond donors (Lipinski definition) is 1. The van der Waals surface area contributed by atoms with Crippen LogP contribution in [0, 0.1) is 31.6 Å². The van der Waals surface area contributed by atoms with Crippen molar-refractivity contribution in [3.05, 3.63) is 39.7 Å². The standard InChI is InChI=1S/C22H27NO4/c1-12-8-21(25)27-22-13(2)19(7-6-17(12)22)26-11-20(24)23-14(3)18-10-15-4-5-16(18)9-15/h6-8,14-16,18H,4-5,9-11H2,1-3H3,(H,23,24). The topological polar surface area (TPSA) is 68.5 Å². The van der Waals surface area contributed by atoms with Gasteiger partial charge in [0, 0.05) is 23.1 Å². The number of nitrogens with one attached hydrogen (secondary N) is 1. The molecule has 2 aliphatic rings. The second kappa shape index (κ2) is 7.02. The van der Waals surface area contributed by atoms with Crippen LogP contribution in [-0.4, -0.2) is 18.6 Å². The molecule has 144 valence electrons. The van der Waals surface area contributed by atoms with E-state index in [9.17, 15) is 9.59 Å². The van der Waals surface area contributed by atoms with Gasteiger partial charge in [-0.1, -0.05) is 6.42 Å². The first-order chi connectivity index (χ1) is 12.9. The smallest absolute Gasteiger partial charge is 0.336 e. The molecule has 1 N–H and O–H groups in total. The Labute approximate surface area is 159 Å². The third kappa shape index (κ3) is 3.47. The Morgan fingerprint density at radius 1 is 1.30 bits per heavy atom. The number of hydrogen-bond acceptors (Lipinski definition) is 4. The van der Waals surface area contributed by atoms with E-state index in [4.69, 9.17) is 9.15 Å². The Morgan fingerprint density at radius 2 is 2.11 bits per heavy atom. The normalized spacial score (nSPS) is 24.9. The zero-order valence-corrected chi connectivity index (χ0v) is 16.2. The fourth-order valence-electron chi connectivity index (χ4n) is 5.11. The maximum atomic E-state index is 12.4. The summed E-state index contributed by atoms with van der Waals surface area (Å²) in [5.74, 6) is 2.72. The van der Waals surface area contributed by atoms with Gasteiger partial charge in [0.05, 0.1) is 0 Å². The lowest BCUT2D eigenvalue weighted by Gasteiger charge is -2.28. The van der Waals surface area contributed by atoms with Crippen LogP contribution in [0.1, 0.15) is 43.7 Å². The van der Waals surface area contributed by atoms with Crippen molar-refractivity contribution in [3.63, 3.8) is 0 Å². The van der Waals surface area contributed by atoms with Crippen LogP contribution >= 0.6 is 0 Å². The Kier molecular flexibility index (Phi) is 4.70. The lowest BCUT2D eigenvalue weighted by Crippen LogP contribution is -2.42. The number of fused-ring (bicyclic) bond motifs is 3. The second-order valence-electron chi connectivity index (χ2n) is 8.30. The monoisotopic (exact) mass is 369 g/mol. The van der Waals surface area contributed by atoms with Crippen LogP contribution in [0.2, 0.25) is 0 Å². The van der Waals surface area contributed by atoms with Gasteiger partial charge < -0.3 is 14.5 Å². The average Bonchev–Trinajstić information content (AvgIpc) is 3.25. The van der Waals surface area contributed by atoms with Gasteiger partial charge in [-0.2, -0.15) is 0 Å². The Bertz CT molecular complexity index is 932. The van der Waals surface area contributed by atoms with Gasteiger partial charge in [-0.05, 0) is 75.5 Å². The van der Waals surface area contributed by atoms with E-state index in [-0.39, 0.29) is 24.2 Å². The van der Waals surface area contributed by atoms with E-state index in [1.54, 1.807) is 0 Å².